The Morgan fingerprint density at radius 3 is 2.90 bits per heavy atom. The molecule has 0 fully saturated rings. The first-order valence-electron chi connectivity index (χ1n) is 5.76. The summed E-state index contributed by atoms with van der Waals surface area (Å²) < 4.78 is 7.24. The van der Waals surface area contributed by atoms with Crippen molar-refractivity contribution in [2.24, 2.45) is 5.84 Å². The Morgan fingerprint density at radius 1 is 1.55 bits per heavy atom. The van der Waals surface area contributed by atoms with Gasteiger partial charge in [0.05, 0.1) is 6.54 Å². The Hall–Kier alpha value is -1.93. The SMILES string of the molecule is Cc1cc(Cn2c(C)ncc(Br)c2=O)oc1C(=O)NN. The number of carbonyl (C=O) groups excluding carboxylic acids is 1. The number of hydrogen-bond donors (Lipinski definition) is 2. The number of carbonyl (C=O) groups is 1. The molecule has 106 valence electrons. The molecule has 2 heterocycles. The maximum atomic E-state index is 12.0. The number of nitrogens with zero attached hydrogens (tertiary/aromatic N) is 2. The van der Waals surface area contributed by atoms with Crippen molar-refractivity contribution >= 4 is 21.8 Å². The average molecular weight is 341 g/mol. The number of amides is 1. The summed E-state index contributed by atoms with van der Waals surface area (Å²) in [6.07, 6.45) is 1.45. The fraction of sp³-hybridized carbons (Fsp3) is 0.250. The quantitative estimate of drug-likeness (QED) is 0.490. The minimum absolute atomic E-state index is 0.135. The summed E-state index contributed by atoms with van der Waals surface area (Å²) in [4.78, 5) is 27.6. The van der Waals surface area contributed by atoms with Gasteiger partial charge >= 0.3 is 5.91 Å². The molecule has 0 bridgehead atoms. The van der Waals surface area contributed by atoms with E-state index in [9.17, 15) is 9.59 Å². The summed E-state index contributed by atoms with van der Waals surface area (Å²) in [5.41, 5.74) is 2.45. The molecule has 3 N–H and O–H groups in total. The molecular formula is C12H13BrN4O3. The van der Waals surface area contributed by atoms with E-state index < -0.39 is 5.91 Å². The molecule has 2 rings (SSSR count). The van der Waals surface area contributed by atoms with Crippen molar-refractivity contribution in [3.63, 3.8) is 0 Å². The number of furan rings is 1. The average Bonchev–Trinajstić information content (AvgIpc) is 2.79. The van der Waals surface area contributed by atoms with Gasteiger partial charge in [-0.05, 0) is 35.8 Å². The predicted octanol–water partition coefficient (Wildman–Crippen LogP) is 0.867. The van der Waals surface area contributed by atoms with Gasteiger partial charge in [0, 0.05) is 11.8 Å². The lowest BCUT2D eigenvalue weighted by molar-refractivity contribution is 0.0923. The van der Waals surface area contributed by atoms with E-state index in [0.717, 1.165) is 0 Å². The highest BCUT2D eigenvalue weighted by Gasteiger charge is 2.16. The molecular weight excluding hydrogens is 328 g/mol. The van der Waals surface area contributed by atoms with Gasteiger partial charge in [0.15, 0.2) is 5.76 Å². The van der Waals surface area contributed by atoms with Gasteiger partial charge in [-0.1, -0.05) is 0 Å². The van der Waals surface area contributed by atoms with Crippen molar-refractivity contribution in [3.05, 3.63) is 50.0 Å². The number of hydrogen-bond acceptors (Lipinski definition) is 5. The number of hydrazine groups is 1. The Morgan fingerprint density at radius 2 is 2.25 bits per heavy atom. The first kappa shape index (κ1) is 14.5. The summed E-state index contributed by atoms with van der Waals surface area (Å²) in [5, 5.41) is 0. The summed E-state index contributed by atoms with van der Waals surface area (Å²) in [7, 11) is 0. The van der Waals surface area contributed by atoms with Crippen LogP contribution in [0.15, 0.2) is 25.9 Å². The van der Waals surface area contributed by atoms with Gasteiger partial charge in [-0.3, -0.25) is 19.6 Å². The summed E-state index contributed by atoms with van der Waals surface area (Å²) in [5.74, 6) is 5.73. The molecule has 7 nitrogen and oxygen atoms in total. The van der Waals surface area contributed by atoms with E-state index in [1.807, 2.05) is 5.43 Å². The molecule has 1 amide bonds. The highest BCUT2D eigenvalue weighted by atomic mass is 79.9. The molecule has 0 radical (unpaired) electrons. The molecule has 0 aliphatic heterocycles. The van der Waals surface area contributed by atoms with E-state index in [-0.39, 0.29) is 17.9 Å². The largest absolute Gasteiger partial charge is 0.454 e. The first-order chi connectivity index (χ1) is 9.43. The van der Waals surface area contributed by atoms with Crippen LogP contribution in [0.5, 0.6) is 0 Å². The van der Waals surface area contributed by atoms with Crippen molar-refractivity contribution < 1.29 is 9.21 Å². The fourth-order valence-electron chi connectivity index (χ4n) is 1.81. The maximum absolute atomic E-state index is 12.0. The van der Waals surface area contributed by atoms with Crippen LogP contribution in [0.4, 0.5) is 0 Å². The van der Waals surface area contributed by atoms with Crippen molar-refractivity contribution in [1.29, 1.82) is 0 Å². The Bertz CT molecular complexity index is 720. The van der Waals surface area contributed by atoms with Crippen LogP contribution in [0, 0.1) is 13.8 Å². The van der Waals surface area contributed by atoms with Crippen LogP contribution in [-0.4, -0.2) is 15.5 Å². The van der Waals surface area contributed by atoms with E-state index in [1.165, 1.54) is 10.8 Å². The maximum Gasteiger partial charge on any atom is 0.301 e. The highest BCUT2D eigenvalue weighted by Crippen LogP contribution is 2.15. The third kappa shape index (κ3) is 2.66. The number of aryl methyl sites for hydroxylation is 2. The second-order valence-corrected chi connectivity index (χ2v) is 5.10. The lowest BCUT2D eigenvalue weighted by Gasteiger charge is -2.07. The lowest BCUT2D eigenvalue weighted by atomic mass is 10.2. The van der Waals surface area contributed by atoms with Gasteiger partial charge in [-0.15, -0.1) is 0 Å². The van der Waals surface area contributed by atoms with Crippen molar-refractivity contribution in [2.75, 3.05) is 0 Å². The zero-order valence-electron chi connectivity index (χ0n) is 10.9. The van der Waals surface area contributed by atoms with Crippen molar-refractivity contribution in [2.45, 2.75) is 20.4 Å². The number of aromatic nitrogens is 2. The second kappa shape index (κ2) is 5.59. The predicted molar refractivity (Wildman–Crippen MR) is 75.1 cm³/mol. The number of nitrogens with two attached hydrogens (primary N) is 1. The highest BCUT2D eigenvalue weighted by molar-refractivity contribution is 9.10. The van der Waals surface area contributed by atoms with E-state index in [0.29, 0.717) is 21.6 Å². The molecule has 0 unspecified atom stereocenters. The van der Waals surface area contributed by atoms with Crippen LogP contribution < -0.4 is 16.8 Å². The molecule has 0 atom stereocenters. The lowest BCUT2D eigenvalue weighted by Crippen LogP contribution is -2.30. The summed E-state index contributed by atoms with van der Waals surface area (Å²) >= 11 is 3.14. The standard InChI is InChI=1S/C12H13BrN4O3/c1-6-3-8(20-10(6)11(18)16-14)5-17-7(2)15-4-9(13)12(17)19/h3-4H,5,14H2,1-2H3,(H,16,18). The zero-order chi connectivity index (χ0) is 14.9. The van der Waals surface area contributed by atoms with Crippen molar-refractivity contribution in [1.82, 2.24) is 15.0 Å². The van der Waals surface area contributed by atoms with Gasteiger partial charge in [-0.25, -0.2) is 10.8 Å². The van der Waals surface area contributed by atoms with Crippen LogP contribution in [0.25, 0.3) is 0 Å². The minimum atomic E-state index is -0.509. The molecule has 2 aromatic rings. The monoisotopic (exact) mass is 340 g/mol. The number of nitrogen functional groups attached to an aromatic ring is 1. The van der Waals surface area contributed by atoms with Crippen LogP contribution in [0.2, 0.25) is 0 Å². The van der Waals surface area contributed by atoms with Gasteiger partial charge in [0.1, 0.15) is 16.1 Å². The Kier molecular flexibility index (Phi) is 4.05. The smallest absolute Gasteiger partial charge is 0.301 e. The molecule has 0 aromatic carbocycles. The Labute approximate surface area is 122 Å². The van der Waals surface area contributed by atoms with Gasteiger partial charge in [-0.2, -0.15) is 0 Å². The van der Waals surface area contributed by atoms with E-state index in [2.05, 4.69) is 20.9 Å². The first-order valence-corrected chi connectivity index (χ1v) is 6.55. The molecule has 0 aliphatic rings. The Balaban J connectivity index is 2.39. The van der Waals surface area contributed by atoms with E-state index in [1.54, 1.807) is 19.9 Å². The molecule has 0 saturated heterocycles. The fourth-order valence-corrected chi connectivity index (χ4v) is 2.13. The second-order valence-electron chi connectivity index (χ2n) is 4.24. The molecule has 8 heteroatoms. The topological polar surface area (TPSA) is 103 Å². The summed E-state index contributed by atoms with van der Waals surface area (Å²) in [6, 6.07) is 1.69. The summed E-state index contributed by atoms with van der Waals surface area (Å²) in [6.45, 7) is 3.64. The molecule has 0 saturated carbocycles. The number of rotatable bonds is 3. The number of nitrogens with one attached hydrogen (secondary N) is 1. The van der Waals surface area contributed by atoms with Crippen LogP contribution in [0.1, 0.15) is 27.7 Å². The van der Waals surface area contributed by atoms with Crippen LogP contribution >= 0.6 is 15.9 Å². The zero-order valence-corrected chi connectivity index (χ0v) is 12.5. The van der Waals surface area contributed by atoms with E-state index in [4.69, 9.17) is 10.3 Å². The number of halogens is 1. The van der Waals surface area contributed by atoms with Crippen molar-refractivity contribution in [3.8, 4) is 0 Å². The van der Waals surface area contributed by atoms with Gasteiger partial charge in [0.2, 0.25) is 0 Å². The normalized spacial score (nSPS) is 10.6. The van der Waals surface area contributed by atoms with Crippen LogP contribution in [0.3, 0.4) is 0 Å². The minimum Gasteiger partial charge on any atom is -0.454 e. The molecule has 0 aliphatic carbocycles. The molecule has 20 heavy (non-hydrogen) atoms. The molecule has 2 aromatic heterocycles. The third-order valence-electron chi connectivity index (χ3n) is 2.82. The van der Waals surface area contributed by atoms with E-state index >= 15 is 0 Å². The van der Waals surface area contributed by atoms with Gasteiger partial charge < -0.3 is 4.42 Å². The third-order valence-corrected chi connectivity index (χ3v) is 3.37. The van der Waals surface area contributed by atoms with Gasteiger partial charge in [0.25, 0.3) is 5.56 Å². The molecule has 0 spiro atoms. The van der Waals surface area contributed by atoms with Crippen LogP contribution in [-0.2, 0) is 6.54 Å².